The van der Waals surface area contributed by atoms with Gasteiger partial charge in [-0.25, -0.2) is 9.78 Å². The van der Waals surface area contributed by atoms with E-state index in [1.54, 1.807) is 0 Å². The van der Waals surface area contributed by atoms with Gasteiger partial charge in [-0.1, -0.05) is 0 Å². The molecule has 2 rings (SSSR count). The summed E-state index contributed by atoms with van der Waals surface area (Å²) in [5.74, 6) is -2.93. The highest BCUT2D eigenvalue weighted by atomic mass is 16.4. The van der Waals surface area contributed by atoms with Crippen molar-refractivity contribution in [1.82, 2.24) is 25.9 Å². The van der Waals surface area contributed by atoms with Crippen LogP contribution in [0.3, 0.4) is 0 Å². The Hall–Kier alpha value is -2.95. The van der Waals surface area contributed by atoms with E-state index in [2.05, 4.69) is 25.9 Å². The lowest BCUT2D eigenvalue weighted by Crippen LogP contribution is -2.55. The molecule has 27 heavy (non-hydrogen) atoms. The van der Waals surface area contributed by atoms with Gasteiger partial charge in [0.1, 0.15) is 12.1 Å². The SMILES string of the molecule is NC(=O)CCC(NC(=O)C(Cc1cnc[nH]1)NC(=O)C1CCCN1)C(=O)O. The predicted octanol–water partition coefficient (Wildman–Crippen LogP) is -1.98. The highest BCUT2D eigenvalue weighted by molar-refractivity contribution is 5.92. The maximum atomic E-state index is 12.6. The minimum atomic E-state index is -1.28. The van der Waals surface area contributed by atoms with Crippen LogP contribution in [0.25, 0.3) is 0 Å². The number of nitrogens with one attached hydrogen (secondary N) is 4. The van der Waals surface area contributed by atoms with Crippen LogP contribution in [-0.4, -0.2) is 63.4 Å². The van der Waals surface area contributed by atoms with Gasteiger partial charge in [-0.2, -0.15) is 0 Å². The van der Waals surface area contributed by atoms with E-state index in [9.17, 15) is 24.3 Å². The molecular formula is C16H24N6O5. The molecule has 1 aliphatic rings. The number of carbonyl (C=O) groups is 4. The second kappa shape index (κ2) is 9.67. The zero-order valence-electron chi connectivity index (χ0n) is 14.7. The summed E-state index contributed by atoms with van der Waals surface area (Å²) in [6.07, 6.45) is 4.29. The quantitative estimate of drug-likeness (QED) is 0.272. The van der Waals surface area contributed by atoms with Crippen LogP contribution in [0.1, 0.15) is 31.4 Å². The van der Waals surface area contributed by atoms with E-state index in [0.29, 0.717) is 12.1 Å². The number of nitrogens with two attached hydrogens (primary N) is 1. The van der Waals surface area contributed by atoms with Crippen LogP contribution < -0.4 is 21.7 Å². The molecule has 148 valence electrons. The fourth-order valence-electron chi connectivity index (χ4n) is 2.82. The second-order valence-electron chi connectivity index (χ2n) is 6.40. The van der Waals surface area contributed by atoms with Crippen molar-refractivity contribution in [2.24, 2.45) is 5.73 Å². The Morgan fingerprint density at radius 2 is 2.07 bits per heavy atom. The van der Waals surface area contributed by atoms with Gasteiger partial charge in [0.25, 0.3) is 0 Å². The molecule has 0 aliphatic carbocycles. The topological polar surface area (TPSA) is 179 Å². The molecule has 0 spiro atoms. The van der Waals surface area contributed by atoms with Crippen molar-refractivity contribution in [3.63, 3.8) is 0 Å². The Balaban J connectivity index is 2.05. The number of carbonyl (C=O) groups excluding carboxylic acids is 3. The van der Waals surface area contributed by atoms with Crippen LogP contribution in [0.4, 0.5) is 0 Å². The van der Waals surface area contributed by atoms with Crippen LogP contribution >= 0.6 is 0 Å². The first-order valence-corrected chi connectivity index (χ1v) is 8.69. The number of hydrogen-bond acceptors (Lipinski definition) is 6. The number of aliphatic carboxylic acids is 1. The maximum absolute atomic E-state index is 12.6. The molecule has 1 aliphatic heterocycles. The molecule has 0 bridgehead atoms. The molecule has 2 heterocycles. The van der Waals surface area contributed by atoms with Gasteiger partial charge in [-0.3, -0.25) is 14.4 Å². The number of H-pyrrole nitrogens is 1. The number of aromatic amines is 1. The molecule has 3 unspecified atom stereocenters. The summed E-state index contributed by atoms with van der Waals surface area (Å²) in [7, 11) is 0. The number of carboxylic acids is 1. The first-order chi connectivity index (χ1) is 12.9. The van der Waals surface area contributed by atoms with E-state index >= 15 is 0 Å². The zero-order chi connectivity index (χ0) is 19.8. The van der Waals surface area contributed by atoms with Gasteiger partial charge >= 0.3 is 5.97 Å². The summed E-state index contributed by atoms with van der Waals surface area (Å²) >= 11 is 0. The van der Waals surface area contributed by atoms with Crippen LogP contribution in [-0.2, 0) is 25.6 Å². The predicted molar refractivity (Wildman–Crippen MR) is 93.2 cm³/mol. The van der Waals surface area contributed by atoms with Crippen molar-refractivity contribution in [2.45, 2.75) is 50.2 Å². The Morgan fingerprint density at radius 1 is 1.30 bits per heavy atom. The van der Waals surface area contributed by atoms with Gasteiger partial charge in [0.05, 0.1) is 12.4 Å². The monoisotopic (exact) mass is 380 g/mol. The third-order valence-electron chi connectivity index (χ3n) is 4.28. The third kappa shape index (κ3) is 6.37. The molecule has 1 saturated heterocycles. The first kappa shape index (κ1) is 20.4. The number of nitrogens with zero attached hydrogens (tertiary/aromatic N) is 1. The zero-order valence-corrected chi connectivity index (χ0v) is 14.7. The third-order valence-corrected chi connectivity index (χ3v) is 4.28. The van der Waals surface area contributed by atoms with Crippen LogP contribution in [0.2, 0.25) is 0 Å². The maximum Gasteiger partial charge on any atom is 0.326 e. The molecule has 1 fully saturated rings. The second-order valence-corrected chi connectivity index (χ2v) is 6.40. The largest absolute Gasteiger partial charge is 0.480 e. The molecule has 11 nitrogen and oxygen atoms in total. The average Bonchev–Trinajstić information content (AvgIpc) is 3.30. The van der Waals surface area contributed by atoms with Crippen molar-refractivity contribution in [3.05, 3.63) is 18.2 Å². The van der Waals surface area contributed by atoms with E-state index < -0.39 is 29.9 Å². The lowest BCUT2D eigenvalue weighted by atomic mass is 10.1. The number of rotatable bonds is 10. The molecule has 3 atom stereocenters. The standard InChI is InChI=1S/C16H24N6O5/c17-13(23)4-3-11(16(26)27)21-15(25)12(6-9-7-18-8-20-9)22-14(24)10-2-1-5-19-10/h7-8,10-12,19H,1-6H2,(H2,17,23)(H,18,20)(H,21,25)(H,22,24)(H,26,27). The number of primary amides is 1. The first-order valence-electron chi connectivity index (χ1n) is 8.69. The Kier molecular flexibility index (Phi) is 7.29. The van der Waals surface area contributed by atoms with Gasteiger partial charge in [0.2, 0.25) is 17.7 Å². The van der Waals surface area contributed by atoms with Gasteiger partial charge in [-0.05, 0) is 25.8 Å². The smallest absolute Gasteiger partial charge is 0.326 e. The number of hydrogen-bond donors (Lipinski definition) is 6. The summed E-state index contributed by atoms with van der Waals surface area (Å²) in [5.41, 5.74) is 5.65. The van der Waals surface area contributed by atoms with Gasteiger partial charge in [0, 0.05) is 24.7 Å². The fraction of sp³-hybridized carbons (Fsp3) is 0.562. The number of imidazole rings is 1. The minimum absolute atomic E-state index is 0.118. The Labute approximate surface area is 155 Å². The molecule has 7 N–H and O–H groups in total. The Morgan fingerprint density at radius 3 is 2.63 bits per heavy atom. The number of carboxylic acid groups (broad SMARTS) is 1. The molecule has 1 aromatic rings. The summed E-state index contributed by atoms with van der Waals surface area (Å²) in [5, 5.41) is 17.3. The summed E-state index contributed by atoms with van der Waals surface area (Å²) < 4.78 is 0. The molecule has 1 aromatic heterocycles. The van der Waals surface area contributed by atoms with Crippen LogP contribution in [0.5, 0.6) is 0 Å². The van der Waals surface area contributed by atoms with Crippen molar-refractivity contribution in [1.29, 1.82) is 0 Å². The summed E-state index contributed by atoms with van der Waals surface area (Å²) in [4.78, 5) is 53.9. The van der Waals surface area contributed by atoms with E-state index in [1.165, 1.54) is 12.5 Å². The van der Waals surface area contributed by atoms with Crippen molar-refractivity contribution in [2.75, 3.05) is 6.54 Å². The number of amides is 3. The summed E-state index contributed by atoms with van der Waals surface area (Å²) in [6.45, 7) is 0.726. The van der Waals surface area contributed by atoms with Gasteiger partial charge < -0.3 is 31.8 Å². The molecule has 3 amide bonds. The van der Waals surface area contributed by atoms with E-state index in [-0.39, 0.29) is 31.2 Å². The van der Waals surface area contributed by atoms with Crippen molar-refractivity contribution >= 4 is 23.7 Å². The number of aromatic nitrogens is 2. The molecule has 0 radical (unpaired) electrons. The molecule has 0 aromatic carbocycles. The molecular weight excluding hydrogens is 356 g/mol. The Bertz CT molecular complexity index is 671. The van der Waals surface area contributed by atoms with E-state index in [0.717, 1.165) is 13.0 Å². The average molecular weight is 380 g/mol. The van der Waals surface area contributed by atoms with Crippen molar-refractivity contribution in [3.8, 4) is 0 Å². The highest BCUT2D eigenvalue weighted by Crippen LogP contribution is 2.07. The lowest BCUT2D eigenvalue weighted by Gasteiger charge is -2.22. The van der Waals surface area contributed by atoms with E-state index in [1.807, 2.05) is 0 Å². The minimum Gasteiger partial charge on any atom is -0.480 e. The van der Waals surface area contributed by atoms with Gasteiger partial charge in [-0.15, -0.1) is 0 Å². The van der Waals surface area contributed by atoms with Gasteiger partial charge in [0.15, 0.2) is 0 Å². The molecule has 11 heteroatoms. The summed E-state index contributed by atoms with van der Waals surface area (Å²) in [6, 6.07) is -2.65. The highest BCUT2D eigenvalue weighted by Gasteiger charge is 2.30. The lowest BCUT2D eigenvalue weighted by molar-refractivity contribution is -0.142. The van der Waals surface area contributed by atoms with Crippen LogP contribution in [0, 0.1) is 0 Å². The fourth-order valence-corrected chi connectivity index (χ4v) is 2.82. The van der Waals surface area contributed by atoms with Crippen LogP contribution in [0.15, 0.2) is 12.5 Å². The van der Waals surface area contributed by atoms with Crippen molar-refractivity contribution < 1.29 is 24.3 Å². The normalized spacial score (nSPS) is 18.4. The van der Waals surface area contributed by atoms with E-state index in [4.69, 9.17) is 5.73 Å². The molecule has 0 saturated carbocycles.